The van der Waals surface area contributed by atoms with Crippen molar-refractivity contribution in [2.24, 2.45) is 0 Å². The lowest BCUT2D eigenvalue weighted by Crippen LogP contribution is -2.52. The van der Waals surface area contributed by atoms with Crippen LogP contribution in [0.25, 0.3) is 0 Å². The van der Waals surface area contributed by atoms with Gasteiger partial charge in [0.15, 0.2) is 0 Å². The van der Waals surface area contributed by atoms with Gasteiger partial charge in [-0.3, -0.25) is 0 Å². The monoisotopic (exact) mass is 378 g/mol. The molecule has 150 valence electrons. The zero-order valence-electron chi connectivity index (χ0n) is 16.4. The molecule has 0 aromatic rings. The molecule has 1 fully saturated rings. The molecule has 0 aromatic carbocycles. The van der Waals surface area contributed by atoms with Crippen LogP contribution in [0.5, 0.6) is 0 Å². The number of rotatable bonds is 16. The molecule has 0 heterocycles. The summed E-state index contributed by atoms with van der Waals surface area (Å²) in [5, 5.41) is 0. The summed E-state index contributed by atoms with van der Waals surface area (Å²) in [4.78, 5) is 0. The molecule has 6 nitrogen and oxygen atoms in total. The molecule has 0 unspecified atom stereocenters. The first kappa shape index (κ1) is 23.0. The molecule has 0 N–H and O–H groups in total. The van der Waals surface area contributed by atoms with Gasteiger partial charge in [0.05, 0.1) is 0 Å². The minimum absolute atomic E-state index is 0.206. The molecular formula is C18H38O6Si. The van der Waals surface area contributed by atoms with Crippen LogP contribution < -0.4 is 0 Å². The van der Waals surface area contributed by atoms with Gasteiger partial charge in [0.2, 0.25) is 0 Å². The van der Waals surface area contributed by atoms with E-state index in [9.17, 15) is 0 Å². The van der Waals surface area contributed by atoms with Crippen molar-refractivity contribution < 1.29 is 27.5 Å². The van der Waals surface area contributed by atoms with E-state index in [2.05, 4.69) is 20.8 Å². The Morgan fingerprint density at radius 1 is 0.640 bits per heavy atom. The fraction of sp³-hybridized carbons (Fsp3) is 1.00. The van der Waals surface area contributed by atoms with Crippen molar-refractivity contribution in [1.82, 2.24) is 0 Å². The highest BCUT2D eigenvalue weighted by molar-refractivity contribution is 6.62. The molecule has 0 amide bonds. The summed E-state index contributed by atoms with van der Waals surface area (Å²) in [6.45, 7) is 8.88. The number of hydrogen-bond donors (Lipinski definition) is 0. The van der Waals surface area contributed by atoms with Crippen molar-refractivity contribution in [2.45, 2.75) is 77.7 Å². The lowest BCUT2D eigenvalue weighted by atomic mass is 10.0. The highest BCUT2D eigenvalue weighted by Crippen LogP contribution is 2.39. The summed E-state index contributed by atoms with van der Waals surface area (Å²) in [7, 11) is -2.92. The molecule has 0 spiro atoms. The standard InChI is InChI=1S/C18H38O6Si/c1-4-12-19-15-22-25(23-16-20-13-5-2,24-17-21-14-6-3)18-10-8-7-9-11-18/h18H,4-17H2,1-3H3. The lowest BCUT2D eigenvalue weighted by Gasteiger charge is -2.37. The van der Waals surface area contributed by atoms with Crippen molar-refractivity contribution in [1.29, 1.82) is 0 Å². The third kappa shape index (κ3) is 9.47. The largest absolute Gasteiger partial charge is 0.509 e. The molecule has 0 aromatic heterocycles. The van der Waals surface area contributed by atoms with Crippen molar-refractivity contribution in [3.05, 3.63) is 0 Å². The van der Waals surface area contributed by atoms with E-state index >= 15 is 0 Å². The van der Waals surface area contributed by atoms with E-state index in [0.29, 0.717) is 25.4 Å². The van der Waals surface area contributed by atoms with E-state index in [4.69, 9.17) is 27.5 Å². The zero-order chi connectivity index (χ0) is 18.2. The van der Waals surface area contributed by atoms with Gasteiger partial charge in [0.1, 0.15) is 20.4 Å². The van der Waals surface area contributed by atoms with Crippen molar-refractivity contribution in [3.63, 3.8) is 0 Å². The molecule has 0 atom stereocenters. The first-order chi connectivity index (χ1) is 12.3. The molecular weight excluding hydrogens is 340 g/mol. The Morgan fingerprint density at radius 3 is 1.40 bits per heavy atom. The van der Waals surface area contributed by atoms with Crippen LogP contribution in [0.2, 0.25) is 5.54 Å². The van der Waals surface area contributed by atoms with Crippen molar-refractivity contribution in [3.8, 4) is 0 Å². The number of hydrogen-bond acceptors (Lipinski definition) is 6. The molecule has 1 aliphatic rings. The maximum absolute atomic E-state index is 6.14. The van der Waals surface area contributed by atoms with Crippen LogP contribution in [-0.2, 0) is 27.5 Å². The van der Waals surface area contributed by atoms with Crippen LogP contribution >= 0.6 is 0 Å². The predicted molar refractivity (Wildman–Crippen MR) is 99.2 cm³/mol. The van der Waals surface area contributed by atoms with Gasteiger partial charge in [-0.05, 0) is 32.1 Å². The van der Waals surface area contributed by atoms with Crippen molar-refractivity contribution >= 4 is 8.80 Å². The maximum atomic E-state index is 6.14. The average Bonchev–Trinajstić information content (AvgIpc) is 2.66. The second kappa shape index (κ2) is 15.1. The summed E-state index contributed by atoms with van der Waals surface area (Å²) in [6, 6.07) is 0. The fourth-order valence-electron chi connectivity index (χ4n) is 2.92. The Labute approximate surface area is 154 Å². The number of ether oxygens (including phenoxy) is 3. The third-order valence-corrected chi connectivity index (χ3v) is 7.32. The van der Waals surface area contributed by atoms with Crippen LogP contribution in [0, 0.1) is 0 Å². The Morgan fingerprint density at radius 2 is 1.04 bits per heavy atom. The van der Waals surface area contributed by atoms with Crippen LogP contribution in [-0.4, -0.2) is 49.0 Å². The van der Waals surface area contributed by atoms with Crippen LogP contribution in [0.4, 0.5) is 0 Å². The summed E-state index contributed by atoms with van der Waals surface area (Å²) in [5.74, 6) is 0. The van der Waals surface area contributed by atoms with Gasteiger partial charge in [-0.2, -0.15) is 0 Å². The summed E-state index contributed by atoms with van der Waals surface area (Å²) in [6.07, 6.45) is 8.68. The first-order valence-corrected chi connectivity index (χ1v) is 11.7. The zero-order valence-corrected chi connectivity index (χ0v) is 17.4. The van der Waals surface area contributed by atoms with Crippen LogP contribution in [0.15, 0.2) is 0 Å². The molecule has 1 saturated carbocycles. The highest BCUT2D eigenvalue weighted by Gasteiger charge is 2.50. The maximum Gasteiger partial charge on any atom is 0.509 e. The molecule has 0 saturated heterocycles. The Balaban J connectivity index is 2.69. The van der Waals surface area contributed by atoms with E-state index in [1.165, 1.54) is 19.3 Å². The lowest BCUT2D eigenvalue weighted by molar-refractivity contribution is -0.109. The fourth-order valence-corrected chi connectivity index (χ4v) is 5.73. The van der Waals surface area contributed by atoms with E-state index in [0.717, 1.165) is 32.1 Å². The van der Waals surface area contributed by atoms with Gasteiger partial charge in [-0.15, -0.1) is 0 Å². The normalized spacial score (nSPS) is 16.4. The average molecular weight is 379 g/mol. The van der Waals surface area contributed by atoms with Crippen LogP contribution in [0.3, 0.4) is 0 Å². The van der Waals surface area contributed by atoms with Gasteiger partial charge in [-0.25, -0.2) is 0 Å². The molecule has 0 bridgehead atoms. The predicted octanol–water partition coefficient (Wildman–Crippen LogP) is 4.46. The topological polar surface area (TPSA) is 55.4 Å². The minimum Gasteiger partial charge on any atom is -0.356 e. The molecule has 1 aliphatic carbocycles. The first-order valence-electron chi connectivity index (χ1n) is 9.94. The quantitative estimate of drug-likeness (QED) is 0.224. The second-order valence-corrected chi connectivity index (χ2v) is 9.34. The Hall–Kier alpha value is -0.0231. The summed E-state index contributed by atoms with van der Waals surface area (Å²) >= 11 is 0. The summed E-state index contributed by atoms with van der Waals surface area (Å²) in [5.41, 5.74) is 0.293. The molecule has 7 heteroatoms. The van der Waals surface area contributed by atoms with E-state index in [1.54, 1.807) is 0 Å². The van der Waals surface area contributed by atoms with E-state index in [-0.39, 0.29) is 20.4 Å². The molecule has 1 rings (SSSR count). The molecule has 25 heavy (non-hydrogen) atoms. The van der Waals surface area contributed by atoms with Gasteiger partial charge >= 0.3 is 8.80 Å². The van der Waals surface area contributed by atoms with E-state index in [1.807, 2.05) is 0 Å². The minimum atomic E-state index is -2.92. The summed E-state index contributed by atoms with van der Waals surface area (Å²) < 4.78 is 35.1. The smallest absolute Gasteiger partial charge is 0.356 e. The van der Waals surface area contributed by atoms with Gasteiger partial charge in [0.25, 0.3) is 0 Å². The Bertz CT molecular complexity index is 268. The molecule has 0 aliphatic heterocycles. The Kier molecular flexibility index (Phi) is 13.9. The van der Waals surface area contributed by atoms with Gasteiger partial charge in [0, 0.05) is 25.4 Å². The van der Waals surface area contributed by atoms with Crippen LogP contribution in [0.1, 0.15) is 72.1 Å². The molecule has 0 radical (unpaired) electrons. The van der Waals surface area contributed by atoms with Gasteiger partial charge in [-0.1, -0.05) is 40.0 Å². The van der Waals surface area contributed by atoms with Crippen molar-refractivity contribution in [2.75, 3.05) is 40.2 Å². The van der Waals surface area contributed by atoms with E-state index < -0.39 is 8.80 Å². The SMILES string of the molecule is CCCOCO[Si](OCOCCC)(OCOCCC)C1CCCCC1. The van der Waals surface area contributed by atoms with Gasteiger partial charge < -0.3 is 27.5 Å². The highest BCUT2D eigenvalue weighted by atomic mass is 28.4. The third-order valence-electron chi connectivity index (χ3n) is 4.18. The second-order valence-electron chi connectivity index (χ2n) is 6.45.